The van der Waals surface area contributed by atoms with E-state index in [2.05, 4.69) is 23.9 Å². The molecule has 2 aromatic rings. The van der Waals surface area contributed by atoms with Crippen molar-refractivity contribution in [2.75, 3.05) is 13.1 Å². The highest BCUT2D eigenvalue weighted by molar-refractivity contribution is 6.39. The number of rotatable bonds is 8. The highest BCUT2D eigenvalue weighted by atomic mass is 35.5. The number of carbonyl (C=O) groups is 3. The Morgan fingerprint density at radius 2 is 1.67 bits per heavy atom. The van der Waals surface area contributed by atoms with E-state index in [9.17, 15) is 32.7 Å². The molecular formula is C30H37Cl2F3N4O4. The first kappa shape index (κ1) is 33.2. The molecule has 43 heavy (non-hydrogen) atoms. The number of hydrogen-bond acceptors (Lipinski definition) is 5. The Morgan fingerprint density at radius 1 is 1.07 bits per heavy atom. The number of Topliss-reactive ketones (excluding diaryl/α,β-unsaturated/α-hetero) is 1. The summed E-state index contributed by atoms with van der Waals surface area (Å²) in [7, 11) is 0. The monoisotopic (exact) mass is 644 g/mol. The number of halogens is 5. The number of pyridine rings is 1. The molecule has 0 atom stereocenters. The second kappa shape index (κ2) is 12.4. The normalized spacial score (nSPS) is 22.8. The number of carbonyl (C=O) groups excluding carboxylic acids is 2. The van der Waals surface area contributed by atoms with Crippen LogP contribution in [0, 0.1) is 23.7 Å². The molecule has 8 nitrogen and oxygen atoms in total. The number of aliphatic carboxylic acids is 1. The lowest BCUT2D eigenvalue weighted by Gasteiger charge is -2.36. The van der Waals surface area contributed by atoms with E-state index >= 15 is 0 Å². The van der Waals surface area contributed by atoms with Crippen LogP contribution in [0.15, 0.2) is 12.3 Å². The molecule has 0 saturated heterocycles. The first-order chi connectivity index (χ1) is 19.9. The standard InChI is InChI=1S/C30H37Cl2F3N4O4/c1-17-13-21(31)23(25(32)37-17)22(40)16-38(15-18-5-9-28(2,3)10-6-18)26(41)20-14-36-39(24(20)30(33,34)35)19-7-11-29(4,12-8-19)27(42)43/h13-14,18-19H,5-12,15-16H2,1-4H3,(H,42,43). The number of aryl methyl sites for hydroxylation is 1. The molecule has 236 valence electrons. The third-order valence-corrected chi connectivity index (χ3v) is 9.68. The van der Waals surface area contributed by atoms with Crippen molar-refractivity contribution < 1.29 is 32.7 Å². The summed E-state index contributed by atoms with van der Waals surface area (Å²) in [6, 6.07) is 0.735. The van der Waals surface area contributed by atoms with Gasteiger partial charge in [0.15, 0.2) is 11.5 Å². The minimum atomic E-state index is -4.92. The maximum absolute atomic E-state index is 14.6. The van der Waals surface area contributed by atoms with Gasteiger partial charge in [0.05, 0.1) is 40.3 Å². The SMILES string of the molecule is Cc1cc(Cl)c(C(=O)CN(CC2CCC(C)(C)CC2)C(=O)c2cnn(C3CCC(C)(C(=O)O)CC3)c2C(F)(F)F)c(Cl)n1. The summed E-state index contributed by atoms with van der Waals surface area (Å²) in [6.45, 7) is 7.08. The lowest BCUT2D eigenvalue weighted by Crippen LogP contribution is -2.41. The van der Waals surface area contributed by atoms with Crippen molar-refractivity contribution in [1.29, 1.82) is 0 Å². The summed E-state index contributed by atoms with van der Waals surface area (Å²) in [5, 5.41) is 13.5. The molecule has 4 rings (SSSR count). The van der Waals surface area contributed by atoms with Crippen molar-refractivity contribution in [2.45, 2.75) is 91.3 Å². The Bertz CT molecular complexity index is 1370. The minimum Gasteiger partial charge on any atom is -0.481 e. The second-order valence-electron chi connectivity index (χ2n) is 13.1. The molecule has 2 aliphatic rings. The summed E-state index contributed by atoms with van der Waals surface area (Å²) < 4.78 is 44.6. The highest BCUT2D eigenvalue weighted by Gasteiger charge is 2.45. The number of amides is 1. The Kier molecular flexibility index (Phi) is 9.57. The third kappa shape index (κ3) is 7.36. The summed E-state index contributed by atoms with van der Waals surface area (Å²) in [5.41, 5.74) is -2.36. The van der Waals surface area contributed by atoms with Gasteiger partial charge in [0.25, 0.3) is 5.91 Å². The van der Waals surface area contributed by atoms with Crippen molar-refractivity contribution in [1.82, 2.24) is 19.7 Å². The summed E-state index contributed by atoms with van der Waals surface area (Å²) in [4.78, 5) is 44.3. The van der Waals surface area contributed by atoms with Crippen LogP contribution in [0.3, 0.4) is 0 Å². The van der Waals surface area contributed by atoms with Crippen LogP contribution < -0.4 is 0 Å². The van der Waals surface area contributed by atoms with Gasteiger partial charge in [0.2, 0.25) is 0 Å². The van der Waals surface area contributed by atoms with E-state index in [1.54, 1.807) is 13.8 Å². The Hall–Kier alpha value is -2.66. The van der Waals surface area contributed by atoms with Crippen LogP contribution in [0.5, 0.6) is 0 Å². The molecule has 2 aliphatic carbocycles. The number of carboxylic acids is 1. The minimum absolute atomic E-state index is 0.0108. The van der Waals surface area contributed by atoms with Gasteiger partial charge in [-0.2, -0.15) is 18.3 Å². The van der Waals surface area contributed by atoms with E-state index in [1.165, 1.54) is 6.07 Å². The van der Waals surface area contributed by atoms with Gasteiger partial charge >= 0.3 is 12.1 Å². The number of aromatic nitrogens is 3. The molecule has 0 bridgehead atoms. The smallest absolute Gasteiger partial charge is 0.433 e. The molecule has 2 aromatic heterocycles. The number of alkyl halides is 3. The Balaban J connectivity index is 1.67. The van der Waals surface area contributed by atoms with E-state index in [-0.39, 0.29) is 59.3 Å². The predicted octanol–water partition coefficient (Wildman–Crippen LogP) is 7.66. The molecule has 0 radical (unpaired) electrons. The van der Waals surface area contributed by atoms with Gasteiger partial charge < -0.3 is 10.0 Å². The summed E-state index contributed by atoms with van der Waals surface area (Å²) in [5.74, 6) is -2.60. The fourth-order valence-electron chi connectivity index (χ4n) is 6.22. The average Bonchev–Trinajstić information content (AvgIpc) is 3.35. The largest absolute Gasteiger partial charge is 0.481 e. The molecule has 0 unspecified atom stereocenters. The molecule has 1 N–H and O–H groups in total. The van der Waals surface area contributed by atoms with E-state index in [0.717, 1.165) is 41.5 Å². The highest BCUT2D eigenvalue weighted by Crippen LogP contribution is 2.44. The third-order valence-electron chi connectivity index (χ3n) is 9.11. The van der Waals surface area contributed by atoms with E-state index in [4.69, 9.17) is 23.2 Å². The van der Waals surface area contributed by atoms with Gasteiger partial charge in [-0.15, -0.1) is 0 Å². The maximum Gasteiger partial charge on any atom is 0.433 e. The van der Waals surface area contributed by atoms with E-state index < -0.39 is 53.1 Å². The zero-order chi connectivity index (χ0) is 31.9. The molecular weight excluding hydrogens is 608 g/mol. The first-order valence-electron chi connectivity index (χ1n) is 14.4. The number of nitrogens with zero attached hydrogens (tertiary/aromatic N) is 4. The van der Waals surface area contributed by atoms with Crippen LogP contribution in [0.2, 0.25) is 10.2 Å². The first-order valence-corrected chi connectivity index (χ1v) is 15.2. The van der Waals surface area contributed by atoms with Gasteiger partial charge in [-0.05, 0) is 82.6 Å². The Morgan fingerprint density at radius 3 is 2.21 bits per heavy atom. The van der Waals surface area contributed by atoms with Crippen LogP contribution in [-0.4, -0.2) is 55.5 Å². The lowest BCUT2D eigenvalue weighted by molar-refractivity contribution is -0.152. The van der Waals surface area contributed by atoms with Gasteiger partial charge in [-0.1, -0.05) is 37.0 Å². The van der Waals surface area contributed by atoms with Crippen molar-refractivity contribution in [3.63, 3.8) is 0 Å². The van der Waals surface area contributed by atoms with Crippen molar-refractivity contribution in [3.8, 4) is 0 Å². The molecule has 2 saturated carbocycles. The Labute approximate surface area is 258 Å². The molecule has 0 aromatic carbocycles. The molecule has 2 heterocycles. The van der Waals surface area contributed by atoms with Gasteiger partial charge in [0.1, 0.15) is 5.15 Å². The molecule has 0 aliphatic heterocycles. The van der Waals surface area contributed by atoms with Gasteiger partial charge in [-0.25, -0.2) is 4.98 Å². The zero-order valence-electron chi connectivity index (χ0n) is 24.7. The van der Waals surface area contributed by atoms with E-state index in [1.807, 2.05) is 0 Å². The van der Waals surface area contributed by atoms with Crippen LogP contribution >= 0.6 is 23.2 Å². The molecule has 13 heteroatoms. The van der Waals surface area contributed by atoms with Crippen LogP contribution in [0.4, 0.5) is 13.2 Å². The number of ketones is 1. The number of carboxylic acid groups (broad SMARTS) is 1. The summed E-state index contributed by atoms with van der Waals surface area (Å²) in [6.07, 6.45) is -0.0414. The van der Waals surface area contributed by atoms with Crippen LogP contribution in [-0.2, 0) is 11.0 Å². The molecule has 1 amide bonds. The lowest BCUT2D eigenvalue weighted by atomic mass is 9.73. The van der Waals surface area contributed by atoms with Crippen molar-refractivity contribution in [3.05, 3.63) is 45.0 Å². The summed E-state index contributed by atoms with van der Waals surface area (Å²) >= 11 is 12.5. The fourth-order valence-corrected chi connectivity index (χ4v) is 6.96. The van der Waals surface area contributed by atoms with Crippen molar-refractivity contribution >= 4 is 40.9 Å². The quantitative estimate of drug-likeness (QED) is 0.234. The number of hydrogen-bond donors (Lipinski definition) is 1. The average molecular weight is 646 g/mol. The molecule has 0 spiro atoms. The molecule has 2 fully saturated rings. The topological polar surface area (TPSA) is 105 Å². The fraction of sp³-hybridized carbons (Fsp3) is 0.633. The second-order valence-corrected chi connectivity index (χ2v) is 13.8. The van der Waals surface area contributed by atoms with Gasteiger partial charge in [-0.3, -0.25) is 19.1 Å². The van der Waals surface area contributed by atoms with Crippen molar-refractivity contribution in [2.24, 2.45) is 16.7 Å². The van der Waals surface area contributed by atoms with Crippen LogP contribution in [0.25, 0.3) is 0 Å². The zero-order valence-corrected chi connectivity index (χ0v) is 26.2. The maximum atomic E-state index is 14.6. The predicted molar refractivity (Wildman–Crippen MR) is 155 cm³/mol. The van der Waals surface area contributed by atoms with E-state index in [0.29, 0.717) is 5.69 Å². The van der Waals surface area contributed by atoms with Gasteiger partial charge in [0, 0.05) is 12.2 Å². The van der Waals surface area contributed by atoms with Crippen LogP contribution in [0.1, 0.15) is 110 Å².